The van der Waals surface area contributed by atoms with Gasteiger partial charge in [-0.05, 0) is 36.4 Å². The average molecular weight is 288 g/mol. The first-order chi connectivity index (χ1) is 10.2. The van der Waals surface area contributed by atoms with Gasteiger partial charge in [-0.3, -0.25) is 4.79 Å². The van der Waals surface area contributed by atoms with Crippen molar-refractivity contribution in [3.63, 3.8) is 0 Å². The summed E-state index contributed by atoms with van der Waals surface area (Å²) in [7, 11) is 0. The lowest BCUT2D eigenvalue weighted by atomic mass is 9.91. The monoisotopic (exact) mass is 288 g/mol. The van der Waals surface area contributed by atoms with Gasteiger partial charge in [-0.15, -0.1) is 0 Å². The summed E-state index contributed by atoms with van der Waals surface area (Å²) in [5.74, 6) is -0.530. The molecular formula is C16H13FO4. The van der Waals surface area contributed by atoms with E-state index < -0.39 is 18.0 Å². The zero-order chi connectivity index (χ0) is 14.4. The Morgan fingerprint density at radius 1 is 1.19 bits per heavy atom. The SMILES string of the molecule is O=C(C1=CC2(C3OCCO3)C=CC1O2)c1ccc(F)cc1. The molecule has 0 aliphatic carbocycles. The Balaban J connectivity index is 1.64. The molecule has 1 aromatic carbocycles. The maximum absolute atomic E-state index is 12.9. The molecule has 2 unspecified atom stereocenters. The van der Waals surface area contributed by atoms with E-state index in [1.165, 1.54) is 24.3 Å². The number of ether oxygens (including phenoxy) is 3. The lowest BCUT2D eigenvalue weighted by Crippen LogP contribution is -2.38. The molecule has 0 saturated carbocycles. The molecule has 1 fully saturated rings. The van der Waals surface area contributed by atoms with Gasteiger partial charge in [-0.25, -0.2) is 4.39 Å². The van der Waals surface area contributed by atoms with E-state index in [9.17, 15) is 9.18 Å². The van der Waals surface area contributed by atoms with Crippen molar-refractivity contribution in [2.45, 2.75) is 18.0 Å². The molecule has 1 aromatic rings. The summed E-state index contributed by atoms with van der Waals surface area (Å²) in [6.45, 7) is 1.03. The molecule has 2 atom stereocenters. The number of hydrogen-bond acceptors (Lipinski definition) is 4. The number of ketones is 1. The van der Waals surface area contributed by atoms with Gasteiger partial charge in [0.1, 0.15) is 11.9 Å². The molecule has 4 nitrogen and oxygen atoms in total. The molecule has 2 bridgehead atoms. The Morgan fingerprint density at radius 2 is 1.90 bits per heavy atom. The number of rotatable bonds is 3. The van der Waals surface area contributed by atoms with Gasteiger partial charge in [-0.2, -0.15) is 0 Å². The Labute approximate surface area is 120 Å². The van der Waals surface area contributed by atoms with Crippen LogP contribution in [-0.4, -0.2) is 37.0 Å². The van der Waals surface area contributed by atoms with Crippen molar-refractivity contribution in [2.24, 2.45) is 0 Å². The van der Waals surface area contributed by atoms with Gasteiger partial charge in [0, 0.05) is 11.1 Å². The molecule has 1 saturated heterocycles. The van der Waals surface area contributed by atoms with Gasteiger partial charge in [0.25, 0.3) is 0 Å². The van der Waals surface area contributed by atoms with Crippen LogP contribution in [0.3, 0.4) is 0 Å². The van der Waals surface area contributed by atoms with Crippen LogP contribution in [0.15, 0.2) is 48.1 Å². The van der Waals surface area contributed by atoms with E-state index in [4.69, 9.17) is 14.2 Å². The fourth-order valence-electron chi connectivity index (χ4n) is 2.89. The highest BCUT2D eigenvalue weighted by atomic mass is 19.1. The van der Waals surface area contributed by atoms with E-state index in [-0.39, 0.29) is 11.6 Å². The van der Waals surface area contributed by atoms with E-state index in [0.29, 0.717) is 24.4 Å². The number of Topliss-reactive ketones (excluding diaryl/α,β-unsaturated/α-hetero) is 1. The van der Waals surface area contributed by atoms with E-state index >= 15 is 0 Å². The van der Waals surface area contributed by atoms with Crippen LogP contribution in [0.5, 0.6) is 0 Å². The summed E-state index contributed by atoms with van der Waals surface area (Å²) >= 11 is 0. The zero-order valence-corrected chi connectivity index (χ0v) is 11.1. The predicted octanol–water partition coefficient (Wildman–Crippen LogP) is 2.02. The van der Waals surface area contributed by atoms with E-state index in [1.54, 1.807) is 6.08 Å². The van der Waals surface area contributed by atoms with Crippen LogP contribution in [0.2, 0.25) is 0 Å². The summed E-state index contributed by atoms with van der Waals surface area (Å²) in [6.07, 6.45) is 4.56. The molecule has 0 aromatic heterocycles. The molecule has 0 radical (unpaired) electrons. The summed E-state index contributed by atoms with van der Waals surface area (Å²) in [5, 5.41) is 0. The van der Waals surface area contributed by atoms with Crippen LogP contribution in [0.4, 0.5) is 4.39 Å². The second kappa shape index (κ2) is 4.59. The molecule has 0 N–H and O–H groups in total. The summed E-state index contributed by atoms with van der Waals surface area (Å²) in [5.41, 5.74) is 0.172. The number of hydrogen-bond donors (Lipinski definition) is 0. The third-order valence-corrected chi connectivity index (χ3v) is 3.91. The highest BCUT2D eigenvalue weighted by molar-refractivity contribution is 6.10. The van der Waals surface area contributed by atoms with Gasteiger partial charge >= 0.3 is 0 Å². The molecule has 108 valence electrons. The first-order valence-corrected chi connectivity index (χ1v) is 6.81. The molecular weight excluding hydrogens is 275 g/mol. The maximum Gasteiger partial charge on any atom is 0.194 e. The van der Waals surface area contributed by atoms with Crippen molar-refractivity contribution in [3.05, 3.63) is 59.4 Å². The Kier molecular flexibility index (Phi) is 2.82. The van der Waals surface area contributed by atoms with Crippen molar-refractivity contribution in [2.75, 3.05) is 13.2 Å². The van der Waals surface area contributed by atoms with Crippen LogP contribution in [0.25, 0.3) is 0 Å². The average Bonchev–Trinajstić information content (AvgIpc) is 3.22. The van der Waals surface area contributed by atoms with Crippen LogP contribution in [-0.2, 0) is 14.2 Å². The second-order valence-corrected chi connectivity index (χ2v) is 5.26. The topological polar surface area (TPSA) is 44.8 Å². The zero-order valence-electron chi connectivity index (χ0n) is 11.1. The maximum atomic E-state index is 12.9. The molecule has 3 heterocycles. The van der Waals surface area contributed by atoms with Gasteiger partial charge < -0.3 is 14.2 Å². The Morgan fingerprint density at radius 3 is 2.62 bits per heavy atom. The highest BCUT2D eigenvalue weighted by Crippen LogP contribution is 2.42. The number of carbonyl (C=O) groups is 1. The van der Waals surface area contributed by atoms with Gasteiger partial charge in [0.05, 0.1) is 13.2 Å². The third kappa shape index (κ3) is 1.97. The lowest BCUT2D eigenvalue weighted by Gasteiger charge is -2.25. The minimum Gasteiger partial charge on any atom is -0.349 e. The fourth-order valence-corrected chi connectivity index (χ4v) is 2.89. The van der Waals surface area contributed by atoms with E-state index in [0.717, 1.165) is 0 Å². The van der Waals surface area contributed by atoms with Crippen LogP contribution < -0.4 is 0 Å². The van der Waals surface area contributed by atoms with E-state index in [2.05, 4.69) is 0 Å². The number of fused-ring (bicyclic) bond motifs is 2. The normalized spacial score (nSPS) is 30.9. The summed E-state index contributed by atoms with van der Waals surface area (Å²) < 4.78 is 29.8. The Bertz CT molecular complexity index is 643. The van der Waals surface area contributed by atoms with Crippen LogP contribution in [0, 0.1) is 5.82 Å². The quantitative estimate of drug-likeness (QED) is 0.630. The van der Waals surface area contributed by atoms with Gasteiger partial charge in [0.2, 0.25) is 0 Å². The van der Waals surface area contributed by atoms with Crippen LogP contribution >= 0.6 is 0 Å². The van der Waals surface area contributed by atoms with E-state index in [1.807, 2.05) is 12.2 Å². The van der Waals surface area contributed by atoms with Crippen molar-refractivity contribution >= 4 is 5.78 Å². The van der Waals surface area contributed by atoms with Crippen LogP contribution in [0.1, 0.15) is 10.4 Å². The van der Waals surface area contributed by atoms with Gasteiger partial charge in [-0.1, -0.05) is 6.08 Å². The molecule has 3 aliphatic rings. The van der Waals surface area contributed by atoms with Crippen molar-refractivity contribution in [1.29, 1.82) is 0 Å². The largest absolute Gasteiger partial charge is 0.349 e. The number of halogens is 1. The Hall–Kier alpha value is -1.82. The molecule has 0 spiro atoms. The molecule has 4 rings (SSSR count). The minimum absolute atomic E-state index is 0.163. The lowest BCUT2D eigenvalue weighted by molar-refractivity contribution is -0.151. The molecule has 21 heavy (non-hydrogen) atoms. The highest BCUT2D eigenvalue weighted by Gasteiger charge is 2.51. The van der Waals surface area contributed by atoms with Crippen molar-refractivity contribution in [1.82, 2.24) is 0 Å². The molecule has 3 aliphatic heterocycles. The first-order valence-electron chi connectivity index (χ1n) is 6.81. The predicted molar refractivity (Wildman–Crippen MR) is 71.2 cm³/mol. The first kappa shape index (κ1) is 12.9. The third-order valence-electron chi connectivity index (χ3n) is 3.91. The molecule has 0 amide bonds. The van der Waals surface area contributed by atoms with Gasteiger partial charge in [0.15, 0.2) is 17.7 Å². The summed E-state index contributed by atoms with van der Waals surface area (Å²) in [4.78, 5) is 12.5. The minimum atomic E-state index is -0.813. The molecule has 5 heteroatoms. The smallest absolute Gasteiger partial charge is 0.194 e. The second-order valence-electron chi connectivity index (χ2n) is 5.26. The number of carbonyl (C=O) groups excluding carboxylic acids is 1. The number of benzene rings is 1. The van der Waals surface area contributed by atoms with Crippen molar-refractivity contribution < 1.29 is 23.4 Å². The summed E-state index contributed by atoms with van der Waals surface area (Å²) in [6, 6.07) is 5.50. The fraction of sp³-hybridized carbons (Fsp3) is 0.312. The standard InChI is InChI=1S/C16H13FO4/c17-11-3-1-10(2-4-11)14(18)12-9-16(6-5-13(12)21-16)15-19-7-8-20-15/h1-6,9,13,15H,7-8H2. The van der Waals surface area contributed by atoms with Crippen molar-refractivity contribution in [3.8, 4) is 0 Å².